The molecule has 1 atom stereocenters. The van der Waals surface area contributed by atoms with Gasteiger partial charge in [-0.05, 0) is 54.9 Å². The van der Waals surface area contributed by atoms with Crippen LogP contribution < -0.4 is 16.0 Å². The zero-order valence-electron chi connectivity index (χ0n) is 12.2. The predicted molar refractivity (Wildman–Crippen MR) is 101 cm³/mol. The molecule has 0 saturated carbocycles. The van der Waals surface area contributed by atoms with E-state index in [1.54, 1.807) is 11.3 Å². The van der Waals surface area contributed by atoms with Crippen LogP contribution in [0.1, 0.15) is 17.8 Å². The van der Waals surface area contributed by atoms with E-state index < -0.39 is 0 Å². The molecule has 4 nitrogen and oxygen atoms in total. The van der Waals surface area contributed by atoms with Crippen LogP contribution >= 0.6 is 39.5 Å². The summed E-state index contributed by atoms with van der Waals surface area (Å²) in [6.45, 7) is 1.87. The number of thiocarbonyl (C=S) groups is 1. The van der Waals surface area contributed by atoms with Gasteiger partial charge in [-0.15, -0.1) is 11.3 Å². The highest BCUT2D eigenvalue weighted by Gasteiger charge is 2.30. The molecule has 2 heterocycles. The van der Waals surface area contributed by atoms with Crippen LogP contribution in [0.5, 0.6) is 0 Å². The van der Waals surface area contributed by atoms with E-state index in [-0.39, 0.29) is 11.9 Å². The fraction of sp³-hybridized carbons (Fsp3) is 0.125. The van der Waals surface area contributed by atoms with Crippen molar-refractivity contribution in [1.29, 1.82) is 0 Å². The summed E-state index contributed by atoms with van der Waals surface area (Å²) in [7, 11) is 0. The maximum absolute atomic E-state index is 12.8. The minimum atomic E-state index is -0.237. The lowest BCUT2D eigenvalue weighted by atomic mass is 10.0. The predicted octanol–water partition coefficient (Wildman–Crippen LogP) is 3.94. The van der Waals surface area contributed by atoms with Crippen molar-refractivity contribution in [3.8, 4) is 0 Å². The molecule has 0 spiro atoms. The molecule has 3 rings (SSSR count). The van der Waals surface area contributed by atoms with Crippen molar-refractivity contribution >= 4 is 56.2 Å². The molecule has 23 heavy (non-hydrogen) atoms. The van der Waals surface area contributed by atoms with Gasteiger partial charge in [-0.2, -0.15) is 0 Å². The minimum absolute atomic E-state index is 0.147. The minimum Gasteiger partial charge on any atom is -0.350 e. The molecule has 118 valence electrons. The highest BCUT2D eigenvalue weighted by molar-refractivity contribution is 9.10. The van der Waals surface area contributed by atoms with Crippen molar-refractivity contribution in [2.24, 2.45) is 0 Å². The number of amides is 1. The van der Waals surface area contributed by atoms with Crippen LogP contribution in [0.25, 0.3) is 0 Å². The van der Waals surface area contributed by atoms with Crippen LogP contribution in [0, 0.1) is 0 Å². The molecular weight excluding hydrogens is 394 g/mol. The Bertz CT molecular complexity index is 769. The number of halogens is 1. The fourth-order valence-electron chi connectivity index (χ4n) is 2.40. The number of thiophene rings is 1. The smallest absolute Gasteiger partial charge is 0.255 e. The number of hydrogen-bond acceptors (Lipinski definition) is 3. The Hall–Kier alpha value is -1.70. The molecule has 1 unspecified atom stereocenters. The van der Waals surface area contributed by atoms with Crippen LogP contribution in [-0.4, -0.2) is 11.0 Å². The third kappa shape index (κ3) is 3.63. The van der Waals surface area contributed by atoms with Crippen LogP contribution in [0.15, 0.2) is 57.5 Å². The summed E-state index contributed by atoms with van der Waals surface area (Å²) in [6.07, 6.45) is 0. The highest BCUT2D eigenvalue weighted by Crippen LogP contribution is 2.30. The molecule has 2 aromatic rings. The van der Waals surface area contributed by atoms with Gasteiger partial charge in [0.05, 0.1) is 11.6 Å². The van der Waals surface area contributed by atoms with Gasteiger partial charge in [0, 0.05) is 20.7 Å². The van der Waals surface area contributed by atoms with Crippen LogP contribution in [-0.2, 0) is 4.79 Å². The normalized spacial score (nSPS) is 17.5. The molecule has 0 saturated heterocycles. The molecule has 7 heteroatoms. The molecule has 0 aliphatic carbocycles. The number of carbonyl (C=O) groups excluding carboxylic acids is 1. The summed E-state index contributed by atoms with van der Waals surface area (Å²) in [5.74, 6) is -0.147. The highest BCUT2D eigenvalue weighted by atomic mass is 79.9. The Balaban J connectivity index is 1.90. The van der Waals surface area contributed by atoms with Gasteiger partial charge in [-0.1, -0.05) is 22.0 Å². The second-order valence-electron chi connectivity index (χ2n) is 5.05. The summed E-state index contributed by atoms with van der Waals surface area (Å²) in [5, 5.41) is 11.7. The third-order valence-corrected chi connectivity index (χ3v) is 5.13. The number of rotatable bonds is 3. The zero-order valence-corrected chi connectivity index (χ0v) is 15.4. The van der Waals surface area contributed by atoms with Crippen LogP contribution in [0.4, 0.5) is 5.69 Å². The number of carbonyl (C=O) groups is 1. The average molecular weight is 408 g/mol. The van der Waals surface area contributed by atoms with Gasteiger partial charge < -0.3 is 16.0 Å². The first-order valence-corrected chi connectivity index (χ1v) is 9.01. The van der Waals surface area contributed by atoms with Gasteiger partial charge in [0.1, 0.15) is 0 Å². The summed E-state index contributed by atoms with van der Waals surface area (Å²) in [6, 6.07) is 11.2. The summed E-state index contributed by atoms with van der Waals surface area (Å²) < 4.78 is 0.966. The van der Waals surface area contributed by atoms with Gasteiger partial charge in [-0.3, -0.25) is 4.79 Å². The lowest BCUT2D eigenvalue weighted by Crippen LogP contribution is -2.45. The summed E-state index contributed by atoms with van der Waals surface area (Å²) in [5.41, 5.74) is 2.15. The van der Waals surface area contributed by atoms with Gasteiger partial charge in [0.15, 0.2) is 5.11 Å². The molecule has 3 N–H and O–H groups in total. The van der Waals surface area contributed by atoms with E-state index in [9.17, 15) is 4.79 Å². The number of hydrogen-bond donors (Lipinski definition) is 3. The van der Waals surface area contributed by atoms with E-state index in [0.29, 0.717) is 10.7 Å². The quantitative estimate of drug-likeness (QED) is 0.674. The molecule has 0 radical (unpaired) electrons. The van der Waals surface area contributed by atoms with E-state index in [1.165, 1.54) is 0 Å². The van der Waals surface area contributed by atoms with Crippen molar-refractivity contribution in [2.45, 2.75) is 13.0 Å². The SMILES string of the molecule is CC1=C(C(=O)Nc2ccc(Br)cc2)C(c2cccs2)NC(=S)N1. The Morgan fingerprint density at radius 3 is 2.70 bits per heavy atom. The Morgan fingerprint density at radius 2 is 2.04 bits per heavy atom. The maximum atomic E-state index is 12.8. The molecule has 1 aliphatic heterocycles. The lowest BCUT2D eigenvalue weighted by molar-refractivity contribution is -0.113. The van der Waals surface area contributed by atoms with Crippen LogP contribution in [0.2, 0.25) is 0 Å². The van der Waals surface area contributed by atoms with Gasteiger partial charge in [0.25, 0.3) is 5.91 Å². The van der Waals surface area contributed by atoms with Crippen molar-refractivity contribution in [3.05, 3.63) is 62.4 Å². The van der Waals surface area contributed by atoms with E-state index in [4.69, 9.17) is 12.2 Å². The number of anilines is 1. The van der Waals surface area contributed by atoms with Crippen LogP contribution in [0.3, 0.4) is 0 Å². The lowest BCUT2D eigenvalue weighted by Gasteiger charge is -2.29. The van der Waals surface area contributed by atoms with Gasteiger partial charge in [-0.25, -0.2) is 0 Å². The summed E-state index contributed by atoms with van der Waals surface area (Å²) >= 11 is 10.2. The fourth-order valence-corrected chi connectivity index (χ4v) is 3.71. The molecule has 1 aliphatic rings. The third-order valence-electron chi connectivity index (χ3n) is 3.44. The Morgan fingerprint density at radius 1 is 1.30 bits per heavy atom. The molecule has 0 fully saturated rings. The van der Waals surface area contributed by atoms with Crippen molar-refractivity contribution < 1.29 is 4.79 Å². The van der Waals surface area contributed by atoms with Gasteiger partial charge in [0.2, 0.25) is 0 Å². The van der Waals surface area contributed by atoms with E-state index in [2.05, 4.69) is 31.9 Å². The number of allylic oxidation sites excluding steroid dienone is 1. The van der Waals surface area contributed by atoms with Crippen molar-refractivity contribution in [3.63, 3.8) is 0 Å². The Labute approximate surface area is 152 Å². The largest absolute Gasteiger partial charge is 0.350 e. The molecular formula is C16H14BrN3OS2. The zero-order chi connectivity index (χ0) is 16.4. The second kappa shape index (κ2) is 6.82. The molecule has 1 aromatic carbocycles. The topological polar surface area (TPSA) is 53.2 Å². The van der Waals surface area contributed by atoms with Crippen molar-refractivity contribution in [1.82, 2.24) is 10.6 Å². The first-order valence-electron chi connectivity index (χ1n) is 6.93. The molecule has 1 aromatic heterocycles. The monoisotopic (exact) mass is 407 g/mol. The number of nitrogens with one attached hydrogen (secondary N) is 3. The number of benzene rings is 1. The maximum Gasteiger partial charge on any atom is 0.255 e. The summed E-state index contributed by atoms with van der Waals surface area (Å²) in [4.78, 5) is 13.8. The van der Waals surface area contributed by atoms with Gasteiger partial charge >= 0.3 is 0 Å². The first kappa shape index (κ1) is 16.2. The van der Waals surface area contributed by atoms with E-state index in [0.717, 1.165) is 20.7 Å². The average Bonchev–Trinajstić information content (AvgIpc) is 3.03. The van der Waals surface area contributed by atoms with E-state index in [1.807, 2.05) is 48.7 Å². The molecule has 0 bridgehead atoms. The standard InChI is InChI=1S/C16H14BrN3OS2/c1-9-13(15(21)19-11-6-4-10(17)5-7-11)14(20-16(22)18-9)12-3-2-8-23-12/h2-8,14H,1H3,(H,19,21)(H2,18,20,22). The van der Waals surface area contributed by atoms with Crippen molar-refractivity contribution in [2.75, 3.05) is 5.32 Å². The second-order valence-corrected chi connectivity index (χ2v) is 7.35. The van der Waals surface area contributed by atoms with E-state index >= 15 is 0 Å². The Kier molecular flexibility index (Phi) is 4.79. The molecule has 1 amide bonds. The first-order chi connectivity index (χ1) is 11.0.